The highest BCUT2D eigenvalue weighted by Crippen LogP contribution is 2.19. The van der Waals surface area contributed by atoms with E-state index in [0.717, 1.165) is 12.3 Å². The summed E-state index contributed by atoms with van der Waals surface area (Å²) in [7, 11) is -3.82. The number of halogens is 1. The number of hydrogen-bond acceptors (Lipinski definition) is 4. The van der Waals surface area contributed by atoms with Crippen molar-refractivity contribution in [3.8, 4) is 5.75 Å². The van der Waals surface area contributed by atoms with Crippen molar-refractivity contribution in [2.24, 2.45) is 0 Å². The van der Waals surface area contributed by atoms with Crippen LogP contribution in [0.5, 0.6) is 5.75 Å². The van der Waals surface area contributed by atoms with Gasteiger partial charge in [-0.2, -0.15) is 0 Å². The van der Waals surface area contributed by atoms with Crippen molar-refractivity contribution >= 4 is 27.3 Å². The van der Waals surface area contributed by atoms with Gasteiger partial charge in [0.15, 0.2) is 0 Å². The molecule has 0 fully saturated rings. The molecule has 2 aromatic rings. The van der Waals surface area contributed by atoms with Gasteiger partial charge < -0.3 is 9.72 Å². The molecule has 0 amide bonds. The van der Waals surface area contributed by atoms with Crippen LogP contribution in [0.15, 0.2) is 46.2 Å². The van der Waals surface area contributed by atoms with Crippen LogP contribution in [0.4, 0.5) is 5.69 Å². The molecule has 2 rings (SSSR count). The number of aromatic nitrogens is 1. The van der Waals surface area contributed by atoms with Crippen molar-refractivity contribution in [1.29, 1.82) is 0 Å². The first-order chi connectivity index (χ1) is 9.92. The Morgan fingerprint density at radius 3 is 2.52 bits per heavy atom. The number of rotatable bonds is 5. The minimum atomic E-state index is -3.82. The quantitative estimate of drug-likeness (QED) is 0.881. The molecule has 0 saturated heterocycles. The average Bonchev–Trinajstić information content (AvgIpc) is 2.44. The van der Waals surface area contributed by atoms with Crippen molar-refractivity contribution in [3.05, 3.63) is 51.9 Å². The van der Waals surface area contributed by atoms with E-state index in [0.29, 0.717) is 18.0 Å². The van der Waals surface area contributed by atoms with Gasteiger partial charge in [-0.15, -0.1) is 0 Å². The van der Waals surface area contributed by atoms with E-state index in [4.69, 9.17) is 16.3 Å². The van der Waals surface area contributed by atoms with Crippen molar-refractivity contribution in [2.75, 3.05) is 11.3 Å². The molecule has 2 N–H and O–H groups in total. The first kappa shape index (κ1) is 15.4. The lowest BCUT2D eigenvalue weighted by atomic mass is 10.3. The number of H-pyrrole nitrogens is 1. The Morgan fingerprint density at radius 2 is 1.95 bits per heavy atom. The SMILES string of the molecule is CCOc1ccc(NS(=O)(=O)c2c[nH]c(=O)c(Cl)c2)cc1. The lowest BCUT2D eigenvalue weighted by Crippen LogP contribution is -2.16. The fourth-order valence-electron chi connectivity index (χ4n) is 1.59. The number of anilines is 1. The van der Waals surface area contributed by atoms with Crippen molar-refractivity contribution < 1.29 is 13.2 Å². The number of aromatic amines is 1. The molecule has 0 saturated carbocycles. The fraction of sp³-hybridized carbons (Fsp3) is 0.154. The molecule has 0 bridgehead atoms. The van der Waals surface area contributed by atoms with E-state index in [-0.39, 0.29) is 9.92 Å². The molecule has 8 heteroatoms. The number of ether oxygens (including phenoxy) is 1. The number of sulfonamides is 1. The lowest BCUT2D eigenvalue weighted by Gasteiger charge is -2.09. The van der Waals surface area contributed by atoms with Gasteiger partial charge >= 0.3 is 0 Å². The summed E-state index contributed by atoms with van der Waals surface area (Å²) < 4.78 is 32.0. The molecular formula is C13H13ClN2O4S. The number of nitrogens with one attached hydrogen (secondary N) is 2. The number of hydrogen-bond donors (Lipinski definition) is 2. The topological polar surface area (TPSA) is 88.3 Å². The summed E-state index contributed by atoms with van der Waals surface area (Å²) in [6, 6.07) is 7.56. The number of pyridine rings is 1. The van der Waals surface area contributed by atoms with E-state index in [2.05, 4.69) is 9.71 Å². The maximum Gasteiger partial charge on any atom is 0.266 e. The average molecular weight is 329 g/mol. The molecule has 0 aliphatic rings. The van der Waals surface area contributed by atoms with E-state index in [1.165, 1.54) is 0 Å². The normalized spacial score (nSPS) is 11.1. The van der Waals surface area contributed by atoms with Crippen LogP contribution >= 0.6 is 11.6 Å². The second-order valence-electron chi connectivity index (χ2n) is 4.08. The van der Waals surface area contributed by atoms with Gasteiger partial charge in [0.1, 0.15) is 15.7 Å². The molecule has 0 spiro atoms. The summed E-state index contributed by atoms with van der Waals surface area (Å²) in [5.41, 5.74) is -0.169. The zero-order valence-electron chi connectivity index (χ0n) is 11.1. The summed E-state index contributed by atoms with van der Waals surface area (Å²) in [5.74, 6) is 0.646. The second kappa shape index (κ2) is 6.19. The molecule has 0 atom stereocenters. The van der Waals surface area contributed by atoms with Gasteiger partial charge in [-0.25, -0.2) is 8.42 Å². The zero-order chi connectivity index (χ0) is 15.5. The molecule has 0 unspecified atom stereocenters. The largest absolute Gasteiger partial charge is 0.494 e. The summed E-state index contributed by atoms with van der Waals surface area (Å²) in [4.78, 5) is 13.3. The summed E-state index contributed by atoms with van der Waals surface area (Å²) in [6.45, 7) is 2.39. The standard InChI is InChI=1S/C13H13ClN2O4S/c1-2-20-10-5-3-9(4-6-10)16-21(18,19)11-7-12(14)13(17)15-8-11/h3-8,16H,2H2,1H3,(H,15,17). The summed E-state index contributed by atoms with van der Waals surface area (Å²) in [6.07, 6.45) is 1.09. The first-order valence-electron chi connectivity index (χ1n) is 6.06. The zero-order valence-corrected chi connectivity index (χ0v) is 12.7. The third-order valence-electron chi connectivity index (χ3n) is 2.56. The minimum absolute atomic E-state index is 0.124. The van der Waals surface area contributed by atoms with E-state index < -0.39 is 15.6 Å². The van der Waals surface area contributed by atoms with Crippen LogP contribution in [0.3, 0.4) is 0 Å². The molecule has 0 aliphatic carbocycles. The smallest absolute Gasteiger partial charge is 0.266 e. The Balaban J connectivity index is 2.24. The van der Waals surface area contributed by atoms with Crippen LogP contribution in [-0.2, 0) is 10.0 Å². The van der Waals surface area contributed by atoms with E-state index in [1.54, 1.807) is 24.3 Å². The van der Waals surface area contributed by atoms with Gasteiger partial charge in [-0.1, -0.05) is 11.6 Å². The lowest BCUT2D eigenvalue weighted by molar-refractivity contribution is 0.340. The Kier molecular flexibility index (Phi) is 4.54. The van der Waals surface area contributed by atoms with E-state index in [1.807, 2.05) is 6.92 Å². The molecule has 0 aliphatic heterocycles. The Bertz CT molecular complexity index is 785. The Morgan fingerprint density at radius 1 is 1.29 bits per heavy atom. The molecule has 112 valence electrons. The molecule has 1 aromatic carbocycles. The maximum absolute atomic E-state index is 12.2. The Labute approximate surface area is 126 Å². The van der Waals surface area contributed by atoms with Crippen LogP contribution < -0.4 is 15.0 Å². The highest BCUT2D eigenvalue weighted by atomic mass is 35.5. The highest BCUT2D eigenvalue weighted by molar-refractivity contribution is 7.92. The van der Waals surface area contributed by atoms with Gasteiger partial charge in [0, 0.05) is 11.9 Å². The molecule has 0 radical (unpaired) electrons. The Hall–Kier alpha value is -1.99. The van der Waals surface area contributed by atoms with E-state index in [9.17, 15) is 13.2 Å². The van der Waals surface area contributed by atoms with Crippen LogP contribution in [0.2, 0.25) is 5.02 Å². The van der Waals surface area contributed by atoms with Crippen LogP contribution in [0.25, 0.3) is 0 Å². The second-order valence-corrected chi connectivity index (χ2v) is 6.16. The fourth-order valence-corrected chi connectivity index (χ4v) is 2.88. The van der Waals surface area contributed by atoms with Gasteiger partial charge in [-0.05, 0) is 37.3 Å². The van der Waals surface area contributed by atoms with Gasteiger partial charge in [0.05, 0.1) is 6.61 Å². The van der Waals surface area contributed by atoms with Crippen molar-refractivity contribution in [3.63, 3.8) is 0 Å². The predicted octanol–water partition coefficient (Wildman–Crippen LogP) is 2.23. The molecule has 1 heterocycles. The molecule has 6 nitrogen and oxygen atoms in total. The van der Waals surface area contributed by atoms with Crippen LogP contribution in [0, 0.1) is 0 Å². The van der Waals surface area contributed by atoms with Gasteiger partial charge in [0.25, 0.3) is 15.6 Å². The molecular weight excluding hydrogens is 316 g/mol. The number of benzene rings is 1. The van der Waals surface area contributed by atoms with Gasteiger partial charge in [-0.3, -0.25) is 9.52 Å². The van der Waals surface area contributed by atoms with Crippen molar-refractivity contribution in [1.82, 2.24) is 4.98 Å². The van der Waals surface area contributed by atoms with Crippen molar-refractivity contribution in [2.45, 2.75) is 11.8 Å². The predicted molar refractivity (Wildman–Crippen MR) is 80.5 cm³/mol. The summed E-state index contributed by atoms with van der Waals surface area (Å²) >= 11 is 5.63. The third-order valence-corrected chi connectivity index (χ3v) is 4.20. The highest BCUT2D eigenvalue weighted by Gasteiger charge is 2.15. The molecule has 21 heavy (non-hydrogen) atoms. The third kappa shape index (κ3) is 3.77. The monoisotopic (exact) mass is 328 g/mol. The van der Waals surface area contributed by atoms with Crippen LogP contribution in [-0.4, -0.2) is 20.0 Å². The maximum atomic E-state index is 12.2. The van der Waals surface area contributed by atoms with E-state index >= 15 is 0 Å². The van der Waals surface area contributed by atoms with Gasteiger partial charge in [0.2, 0.25) is 0 Å². The minimum Gasteiger partial charge on any atom is -0.494 e. The first-order valence-corrected chi connectivity index (χ1v) is 7.92. The van der Waals surface area contributed by atoms with Crippen LogP contribution in [0.1, 0.15) is 6.92 Å². The molecule has 1 aromatic heterocycles. The summed E-state index contributed by atoms with van der Waals surface area (Å²) in [5, 5.41) is -0.190.